The highest BCUT2D eigenvalue weighted by Gasteiger charge is 2.08. The van der Waals surface area contributed by atoms with Crippen LogP contribution in [-0.2, 0) is 13.0 Å². The first-order chi connectivity index (χ1) is 9.20. The molecule has 19 heavy (non-hydrogen) atoms. The van der Waals surface area contributed by atoms with E-state index in [-0.39, 0.29) is 6.61 Å². The van der Waals surface area contributed by atoms with Gasteiger partial charge in [0.05, 0.1) is 22.2 Å². The van der Waals surface area contributed by atoms with E-state index in [9.17, 15) is 0 Å². The van der Waals surface area contributed by atoms with E-state index in [0.717, 1.165) is 32.2 Å². The number of pyridine rings is 1. The predicted octanol–water partition coefficient (Wildman–Crippen LogP) is 3.72. The van der Waals surface area contributed by atoms with Gasteiger partial charge >= 0.3 is 0 Å². The molecule has 1 heterocycles. The standard InChI is InChI=1S/C14H13Br2NO2/c15-12-6-11(9-18)7-13(16)14(12)19-5-3-10-2-1-4-17-8-10/h1-2,4,6-8,18H,3,5,9H2. The highest BCUT2D eigenvalue weighted by molar-refractivity contribution is 9.11. The van der Waals surface area contributed by atoms with Gasteiger partial charge in [-0.3, -0.25) is 4.98 Å². The Morgan fingerprint density at radius 3 is 2.47 bits per heavy atom. The number of nitrogens with zero attached hydrogens (tertiary/aromatic N) is 1. The number of aliphatic hydroxyl groups is 1. The largest absolute Gasteiger partial charge is 0.491 e. The Hall–Kier alpha value is -0.910. The first-order valence-corrected chi connectivity index (χ1v) is 7.40. The lowest BCUT2D eigenvalue weighted by Gasteiger charge is -2.11. The molecule has 1 N–H and O–H groups in total. The second kappa shape index (κ2) is 7.03. The van der Waals surface area contributed by atoms with Crippen molar-refractivity contribution in [2.24, 2.45) is 0 Å². The molecule has 0 radical (unpaired) electrons. The predicted molar refractivity (Wildman–Crippen MR) is 81.2 cm³/mol. The van der Waals surface area contributed by atoms with Gasteiger partial charge in [0, 0.05) is 18.8 Å². The van der Waals surface area contributed by atoms with Crippen molar-refractivity contribution in [3.8, 4) is 5.75 Å². The maximum Gasteiger partial charge on any atom is 0.147 e. The third-order valence-electron chi connectivity index (χ3n) is 2.60. The third kappa shape index (κ3) is 4.03. The number of halogens is 2. The van der Waals surface area contributed by atoms with Gasteiger partial charge in [-0.05, 0) is 61.2 Å². The zero-order chi connectivity index (χ0) is 13.7. The molecule has 0 atom stereocenters. The van der Waals surface area contributed by atoms with Crippen LogP contribution in [0.3, 0.4) is 0 Å². The van der Waals surface area contributed by atoms with Crippen LogP contribution < -0.4 is 4.74 Å². The molecule has 1 aromatic carbocycles. The van der Waals surface area contributed by atoms with Crippen molar-refractivity contribution >= 4 is 31.9 Å². The minimum atomic E-state index is 0.00711. The summed E-state index contributed by atoms with van der Waals surface area (Å²) in [5.74, 6) is 0.751. The number of benzene rings is 1. The molecule has 100 valence electrons. The van der Waals surface area contributed by atoms with Gasteiger partial charge in [-0.1, -0.05) is 6.07 Å². The van der Waals surface area contributed by atoms with E-state index in [1.165, 1.54) is 0 Å². The Labute approximate surface area is 128 Å². The summed E-state index contributed by atoms with van der Waals surface area (Å²) < 4.78 is 7.43. The van der Waals surface area contributed by atoms with Crippen LogP contribution in [0.2, 0.25) is 0 Å². The van der Waals surface area contributed by atoms with Crippen molar-refractivity contribution in [3.05, 3.63) is 56.7 Å². The zero-order valence-electron chi connectivity index (χ0n) is 10.1. The Bertz CT molecular complexity index is 523. The molecule has 2 aromatic rings. The summed E-state index contributed by atoms with van der Waals surface area (Å²) in [5, 5.41) is 9.11. The fraction of sp³-hybridized carbons (Fsp3) is 0.214. The smallest absolute Gasteiger partial charge is 0.147 e. The van der Waals surface area contributed by atoms with E-state index in [4.69, 9.17) is 9.84 Å². The molecule has 0 aliphatic rings. The topological polar surface area (TPSA) is 42.4 Å². The molecule has 5 heteroatoms. The molecule has 0 amide bonds. The lowest BCUT2D eigenvalue weighted by Crippen LogP contribution is -2.03. The van der Waals surface area contributed by atoms with Gasteiger partial charge in [0.2, 0.25) is 0 Å². The fourth-order valence-electron chi connectivity index (χ4n) is 1.66. The lowest BCUT2D eigenvalue weighted by molar-refractivity contribution is 0.281. The van der Waals surface area contributed by atoms with Gasteiger partial charge in [0.1, 0.15) is 5.75 Å². The number of ether oxygens (including phenoxy) is 1. The molecule has 0 saturated heterocycles. The molecular formula is C14H13Br2NO2. The highest BCUT2D eigenvalue weighted by atomic mass is 79.9. The van der Waals surface area contributed by atoms with Crippen LogP contribution >= 0.6 is 31.9 Å². The Kier molecular flexibility index (Phi) is 5.36. The van der Waals surface area contributed by atoms with Crippen molar-refractivity contribution in [1.82, 2.24) is 4.98 Å². The highest BCUT2D eigenvalue weighted by Crippen LogP contribution is 2.34. The van der Waals surface area contributed by atoms with E-state index in [1.54, 1.807) is 6.20 Å². The second-order valence-electron chi connectivity index (χ2n) is 4.01. The van der Waals surface area contributed by atoms with Gasteiger partial charge < -0.3 is 9.84 Å². The van der Waals surface area contributed by atoms with Crippen molar-refractivity contribution in [1.29, 1.82) is 0 Å². The number of rotatable bonds is 5. The van der Waals surface area contributed by atoms with Crippen molar-refractivity contribution in [3.63, 3.8) is 0 Å². The molecular weight excluding hydrogens is 374 g/mol. The normalized spacial score (nSPS) is 10.5. The molecule has 0 aliphatic heterocycles. The summed E-state index contributed by atoms with van der Waals surface area (Å²) in [6.07, 6.45) is 4.39. The summed E-state index contributed by atoms with van der Waals surface area (Å²) in [7, 11) is 0. The van der Waals surface area contributed by atoms with E-state index in [0.29, 0.717) is 6.61 Å². The van der Waals surface area contributed by atoms with Crippen LogP contribution in [0.1, 0.15) is 11.1 Å². The van der Waals surface area contributed by atoms with Gasteiger partial charge in [-0.25, -0.2) is 0 Å². The van der Waals surface area contributed by atoms with E-state index < -0.39 is 0 Å². The van der Waals surface area contributed by atoms with Crippen LogP contribution in [0.15, 0.2) is 45.6 Å². The zero-order valence-corrected chi connectivity index (χ0v) is 13.3. The van der Waals surface area contributed by atoms with Gasteiger partial charge in [0.15, 0.2) is 0 Å². The van der Waals surface area contributed by atoms with E-state index in [2.05, 4.69) is 36.8 Å². The third-order valence-corrected chi connectivity index (χ3v) is 3.78. The van der Waals surface area contributed by atoms with E-state index in [1.807, 2.05) is 30.5 Å². The first kappa shape index (κ1) is 14.5. The number of hydrogen-bond donors (Lipinski definition) is 1. The number of aromatic nitrogens is 1. The molecule has 1 aromatic heterocycles. The fourth-order valence-corrected chi connectivity index (χ4v) is 3.17. The van der Waals surface area contributed by atoms with Crippen molar-refractivity contribution in [2.45, 2.75) is 13.0 Å². The quantitative estimate of drug-likeness (QED) is 0.851. The number of aliphatic hydroxyl groups excluding tert-OH is 1. The summed E-state index contributed by atoms with van der Waals surface area (Å²) >= 11 is 6.89. The average molecular weight is 387 g/mol. The van der Waals surface area contributed by atoms with Crippen LogP contribution in [0, 0.1) is 0 Å². The summed E-state index contributed by atoms with van der Waals surface area (Å²) in [4.78, 5) is 4.07. The molecule has 0 aliphatic carbocycles. The Morgan fingerprint density at radius 1 is 1.16 bits per heavy atom. The summed E-state index contributed by atoms with van der Waals surface area (Å²) in [6, 6.07) is 7.64. The Balaban J connectivity index is 2.00. The summed E-state index contributed by atoms with van der Waals surface area (Å²) in [6.45, 7) is 0.578. The Morgan fingerprint density at radius 2 is 1.89 bits per heavy atom. The minimum absolute atomic E-state index is 0.00711. The lowest BCUT2D eigenvalue weighted by atomic mass is 10.2. The van der Waals surface area contributed by atoms with Gasteiger partial charge in [-0.2, -0.15) is 0 Å². The first-order valence-electron chi connectivity index (χ1n) is 5.81. The van der Waals surface area contributed by atoms with E-state index >= 15 is 0 Å². The van der Waals surface area contributed by atoms with Gasteiger partial charge in [0.25, 0.3) is 0 Å². The molecule has 0 bridgehead atoms. The SMILES string of the molecule is OCc1cc(Br)c(OCCc2cccnc2)c(Br)c1. The molecule has 0 saturated carbocycles. The maximum absolute atomic E-state index is 9.11. The molecule has 0 spiro atoms. The molecule has 0 fully saturated rings. The summed E-state index contributed by atoms with van der Waals surface area (Å²) in [5.41, 5.74) is 1.97. The van der Waals surface area contributed by atoms with Crippen molar-refractivity contribution in [2.75, 3.05) is 6.61 Å². The van der Waals surface area contributed by atoms with Crippen LogP contribution in [0.25, 0.3) is 0 Å². The molecule has 2 rings (SSSR count). The maximum atomic E-state index is 9.11. The van der Waals surface area contributed by atoms with Crippen LogP contribution in [-0.4, -0.2) is 16.7 Å². The molecule has 0 unspecified atom stereocenters. The monoisotopic (exact) mass is 385 g/mol. The van der Waals surface area contributed by atoms with Gasteiger partial charge in [-0.15, -0.1) is 0 Å². The second-order valence-corrected chi connectivity index (χ2v) is 5.72. The number of hydrogen-bond acceptors (Lipinski definition) is 3. The minimum Gasteiger partial charge on any atom is -0.491 e. The average Bonchev–Trinajstić information content (AvgIpc) is 2.42. The molecule has 3 nitrogen and oxygen atoms in total. The van der Waals surface area contributed by atoms with Crippen molar-refractivity contribution < 1.29 is 9.84 Å². The van der Waals surface area contributed by atoms with Crippen LogP contribution in [0.5, 0.6) is 5.75 Å². The van der Waals surface area contributed by atoms with Crippen LogP contribution in [0.4, 0.5) is 0 Å².